The van der Waals surface area contributed by atoms with E-state index in [0.717, 1.165) is 27.6 Å². The summed E-state index contributed by atoms with van der Waals surface area (Å²) in [6.45, 7) is 2.45. The summed E-state index contributed by atoms with van der Waals surface area (Å²) in [4.78, 5) is 26.0. The van der Waals surface area contributed by atoms with Gasteiger partial charge in [0.2, 0.25) is 5.91 Å². The van der Waals surface area contributed by atoms with E-state index in [4.69, 9.17) is 0 Å². The summed E-state index contributed by atoms with van der Waals surface area (Å²) >= 11 is 0. The fourth-order valence-electron chi connectivity index (χ4n) is 3.28. The maximum absolute atomic E-state index is 12.5. The second-order valence-corrected chi connectivity index (χ2v) is 6.47. The Morgan fingerprint density at radius 1 is 1.19 bits per heavy atom. The molecule has 2 heterocycles. The van der Waals surface area contributed by atoms with Crippen molar-refractivity contribution < 1.29 is 9.59 Å². The van der Waals surface area contributed by atoms with E-state index in [2.05, 4.69) is 27.4 Å². The topological polar surface area (TPSA) is 78.1 Å². The number of hydrogen-bond donors (Lipinski definition) is 2. The fourth-order valence-corrected chi connectivity index (χ4v) is 3.28. The third-order valence-electron chi connectivity index (χ3n) is 4.61. The summed E-state index contributed by atoms with van der Waals surface area (Å²) < 4.78 is 0. The minimum atomic E-state index is -0.226. The highest BCUT2D eigenvalue weighted by Crippen LogP contribution is 2.27. The second-order valence-electron chi connectivity index (χ2n) is 6.47. The van der Waals surface area contributed by atoms with Crippen LogP contribution in [-0.4, -0.2) is 26.9 Å². The molecular formula is C21H18N4O2. The van der Waals surface area contributed by atoms with E-state index in [-0.39, 0.29) is 18.2 Å². The molecule has 2 aromatic carbocycles. The minimum Gasteiger partial charge on any atom is -0.321 e. The predicted molar refractivity (Wildman–Crippen MR) is 103 cm³/mol. The highest BCUT2D eigenvalue weighted by atomic mass is 16.2. The summed E-state index contributed by atoms with van der Waals surface area (Å²) in [5.41, 5.74) is 2.61. The van der Waals surface area contributed by atoms with Crippen molar-refractivity contribution in [2.75, 3.05) is 5.32 Å². The molecule has 4 rings (SSSR count). The van der Waals surface area contributed by atoms with Crippen molar-refractivity contribution in [2.45, 2.75) is 26.4 Å². The third kappa shape index (κ3) is 3.40. The van der Waals surface area contributed by atoms with Crippen LogP contribution in [0.3, 0.4) is 0 Å². The number of aromatic nitrogens is 2. The van der Waals surface area contributed by atoms with Crippen molar-refractivity contribution >= 4 is 28.4 Å². The highest BCUT2D eigenvalue weighted by Gasteiger charge is 2.28. The van der Waals surface area contributed by atoms with E-state index in [0.29, 0.717) is 18.9 Å². The van der Waals surface area contributed by atoms with Crippen LogP contribution in [0.15, 0.2) is 42.5 Å². The van der Waals surface area contributed by atoms with E-state index < -0.39 is 0 Å². The lowest BCUT2D eigenvalue weighted by atomic mass is 10.0. The van der Waals surface area contributed by atoms with Crippen molar-refractivity contribution in [3.05, 3.63) is 59.3 Å². The largest absolute Gasteiger partial charge is 0.321 e. The zero-order chi connectivity index (χ0) is 18.8. The van der Waals surface area contributed by atoms with Crippen LogP contribution in [-0.2, 0) is 29.1 Å². The van der Waals surface area contributed by atoms with Gasteiger partial charge in [-0.05, 0) is 29.2 Å². The van der Waals surface area contributed by atoms with Gasteiger partial charge in [0.15, 0.2) is 5.82 Å². The first-order valence-corrected chi connectivity index (χ1v) is 8.69. The van der Waals surface area contributed by atoms with Gasteiger partial charge in [-0.2, -0.15) is 5.10 Å². The molecule has 2 amide bonds. The van der Waals surface area contributed by atoms with Gasteiger partial charge in [-0.3, -0.25) is 14.7 Å². The number of H-pyrrole nitrogens is 1. The molecule has 0 radical (unpaired) electrons. The standard InChI is InChI=1S/C21H18N4O2/c1-2-5-20(27)25-12-17-18(13-25)23-24-21(17)22-19(26)11-14-8-9-15-6-3-4-7-16(15)10-14/h3-4,6-10H,11-13H2,1H3,(H2,22,23,24,26). The Hall–Kier alpha value is -3.59. The zero-order valence-corrected chi connectivity index (χ0v) is 14.9. The first-order valence-electron chi connectivity index (χ1n) is 8.69. The Kier molecular flexibility index (Phi) is 4.35. The van der Waals surface area contributed by atoms with E-state index in [1.54, 1.807) is 11.8 Å². The Bertz CT molecular complexity index is 1100. The van der Waals surface area contributed by atoms with Crippen molar-refractivity contribution in [1.82, 2.24) is 15.1 Å². The molecule has 1 aliphatic heterocycles. The molecule has 0 saturated carbocycles. The predicted octanol–water partition coefficient (Wildman–Crippen LogP) is 2.61. The number of nitrogens with one attached hydrogen (secondary N) is 2. The first kappa shape index (κ1) is 16.9. The Morgan fingerprint density at radius 3 is 2.81 bits per heavy atom. The van der Waals surface area contributed by atoms with Crippen molar-refractivity contribution in [3.8, 4) is 11.8 Å². The number of benzene rings is 2. The van der Waals surface area contributed by atoms with Gasteiger partial charge in [0.25, 0.3) is 5.91 Å². The number of carbonyl (C=O) groups is 2. The highest BCUT2D eigenvalue weighted by molar-refractivity contribution is 5.95. The van der Waals surface area contributed by atoms with E-state index >= 15 is 0 Å². The summed E-state index contributed by atoms with van der Waals surface area (Å²) in [5.74, 6) is 5.26. The summed E-state index contributed by atoms with van der Waals surface area (Å²) in [5, 5.41) is 12.2. The molecule has 0 aliphatic carbocycles. The number of nitrogens with zero attached hydrogens (tertiary/aromatic N) is 2. The van der Waals surface area contributed by atoms with Crippen LogP contribution < -0.4 is 5.32 Å². The summed E-state index contributed by atoms with van der Waals surface area (Å²) in [7, 11) is 0. The molecule has 1 aromatic heterocycles. The molecule has 134 valence electrons. The lowest BCUT2D eigenvalue weighted by molar-refractivity contribution is -0.125. The molecule has 0 unspecified atom stereocenters. The quantitative estimate of drug-likeness (QED) is 0.707. The van der Waals surface area contributed by atoms with Crippen LogP contribution in [0, 0.1) is 11.8 Å². The van der Waals surface area contributed by atoms with Gasteiger partial charge in [-0.25, -0.2) is 0 Å². The average Bonchev–Trinajstić information content (AvgIpc) is 3.24. The van der Waals surface area contributed by atoms with Crippen molar-refractivity contribution in [2.24, 2.45) is 0 Å². The number of anilines is 1. The number of amides is 2. The van der Waals surface area contributed by atoms with Gasteiger partial charge in [-0.15, -0.1) is 0 Å². The van der Waals surface area contributed by atoms with Gasteiger partial charge in [-0.1, -0.05) is 48.4 Å². The zero-order valence-electron chi connectivity index (χ0n) is 14.9. The number of aromatic amines is 1. The van der Waals surface area contributed by atoms with Crippen LogP contribution in [0.4, 0.5) is 5.82 Å². The number of carbonyl (C=O) groups excluding carboxylic acids is 2. The van der Waals surface area contributed by atoms with E-state index in [1.165, 1.54) is 0 Å². The fraction of sp³-hybridized carbons (Fsp3) is 0.190. The van der Waals surface area contributed by atoms with Gasteiger partial charge in [0.1, 0.15) is 0 Å². The third-order valence-corrected chi connectivity index (χ3v) is 4.61. The molecule has 3 aromatic rings. The minimum absolute atomic E-state index is 0.141. The average molecular weight is 358 g/mol. The maximum atomic E-state index is 12.5. The molecule has 0 atom stereocenters. The molecule has 2 N–H and O–H groups in total. The van der Waals surface area contributed by atoms with Gasteiger partial charge in [0, 0.05) is 5.56 Å². The van der Waals surface area contributed by atoms with E-state index in [1.807, 2.05) is 42.5 Å². The van der Waals surface area contributed by atoms with E-state index in [9.17, 15) is 9.59 Å². The Morgan fingerprint density at radius 2 is 2.00 bits per heavy atom. The summed E-state index contributed by atoms with van der Waals surface area (Å²) in [6.07, 6.45) is 0.260. The smallest absolute Gasteiger partial charge is 0.299 e. The van der Waals surface area contributed by atoms with Gasteiger partial charge < -0.3 is 10.2 Å². The molecular weight excluding hydrogens is 340 g/mol. The van der Waals surface area contributed by atoms with Crippen LogP contribution in [0.1, 0.15) is 23.7 Å². The van der Waals surface area contributed by atoms with Gasteiger partial charge in [0.05, 0.1) is 25.2 Å². The monoisotopic (exact) mass is 358 g/mol. The molecule has 0 bridgehead atoms. The number of rotatable bonds is 3. The van der Waals surface area contributed by atoms with Crippen LogP contribution in [0.2, 0.25) is 0 Å². The van der Waals surface area contributed by atoms with Crippen molar-refractivity contribution in [1.29, 1.82) is 0 Å². The Balaban J connectivity index is 1.45. The molecule has 1 aliphatic rings. The maximum Gasteiger partial charge on any atom is 0.299 e. The van der Waals surface area contributed by atoms with Crippen LogP contribution >= 0.6 is 0 Å². The molecule has 6 nitrogen and oxygen atoms in total. The SMILES string of the molecule is CC#CC(=O)N1Cc2[nH]nc(NC(=O)Cc3ccc4ccccc4c3)c2C1. The van der Waals surface area contributed by atoms with Gasteiger partial charge >= 0.3 is 0 Å². The second kappa shape index (κ2) is 6.96. The van der Waals surface area contributed by atoms with Crippen LogP contribution in [0.5, 0.6) is 0 Å². The Labute approximate surface area is 156 Å². The lowest BCUT2D eigenvalue weighted by Crippen LogP contribution is -2.24. The molecule has 6 heteroatoms. The molecule has 27 heavy (non-hydrogen) atoms. The molecule has 0 spiro atoms. The number of hydrogen-bond acceptors (Lipinski definition) is 3. The molecule has 0 fully saturated rings. The van der Waals surface area contributed by atoms with Crippen LogP contribution in [0.25, 0.3) is 10.8 Å². The summed E-state index contributed by atoms with van der Waals surface area (Å²) in [6, 6.07) is 14.0. The first-order chi connectivity index (χ1) is 13.1. The molecule has 0 saturated heterocycles. The number of fused-ring (bicyclic) bond motifs is 2. The normalized spacial score (nSPS) is 12.4. The lowest BCUT2D eigenvalue weighted by Gasteiger charge is -2.11. The van der Waals surface area contributed by atoms with Crippen molar-refractivity contribution in [3.63, 3.8) is 0 Å².